The average molecular weight is 354 g/mol. The zero-order valence-corrected chi connectivity index (χ0v) is 14.8. The molecule has 0 saturated carbocycles. The summed E-state index contributed by atoms with van der Waals surface area (Å²) >= 11 is 13.3. The van der Waals surface area contributed by atoms with Gasteiger partial charge in [0.25, 0.3) is 0 Å². The summed E-state index contributed by atoms with van der Waals surface area (Å²) in [7, 11) is 1.82. The van der Waals surface area contributed by atoms with E-state index in [-0.39, 0.29) is 11.2 Å². The van der Waals surface area contributed by atoms with E-state index < -0.39 is 0 Å². The van der Waals surface area contributed by atoms with Crippen molar-refractivity contribution in [3.8, 4) is 0 Å². The van der Waals surface area contributed by atoms with Crippen molar-refractivity contribution in [1.29, 1.82) is 0 Å². The van der Waals surface area contributed by atoms with Crippen LogP contribution in [0.15, 0.2) is 53.4 Å². The van der Waals surface area contributed by atoms with Crippen LogP contribution in [0.5, 0.6) is 0 Å². The standard InChI is InChI=1S/C17H17Cl2NOS/c1-12(22-16-9-7-15(19)8-10-16)17(21)20(2)11-13-3-5-14(18)6-4-13/h3-10,12H,11H2,1-2H3. The molecular weight excluding hydrogens is 337 g/mol. The highest BCUT2D eigenvalue weighted by Gasteiger charge is 2.18. The van der Waals surface area contributed by atoms with E-state index in [1.54, 1.807) is 4.90 Å². The van der Waals surface area contributed by atoms with Crippen molar-refractivity contribution in [3.05, 3.63) is 64.1 Å². The molecule has 1 atom stereocenters. The van der Waals surface area contributed by atoms with Gasteiger partial charge in [-0.2, -0.15) is 0 Å². The van der Waals surface area contributed by atoms with Gasteiger partial charge in [-0.15, -0.1) is 11.8 Å². The Balaban J connectivity index is 1.94. The summed E-state index contributed by atoms with van der Waals surface area (Å²) in [5, 5.41) is 1.24. The monoisotopic (exact) mass is 353 g/mol. The van der Waals surface area contributed by atoms with Crippen molar-refractivity contribution < 1.29 is 4.79 Å². The highest BCUT2D eigenvalue weighted by atomic mass is 35.5. The summed E-state index contributed by atoms with van der Waals surface area (Å²) in [5.41, 5.74) is 1.06. The maximum Gasteiger partial charge on any atom is 0.235 e. The van der Waals surface area contributed by atoms with Crippen LogP contribution in [-0.2, 0) is 11.3 Å². The predicted octanol–water partition coefficient (Wildman–Crippen LogP) is 5.13. The minimum atomic E-state index is -0.154. The number of hydrogen-bond acceptors (Lipinski definition) is 2. The van der Waals surface area contributed by atoms with Gasteiger partial charge in [-0.05, 0) is 48.9 Å². The minimum absolute atomic E-state index is 0.0925. The second kappa shape index (κ2) is 7.91. The summed E-state index contributed by atoms with van der Waals surface area (Å²) in [5.74, 6) is 0.0925. The van der Waals surface area contributed by atoms with Gasteiger partial charge in [0.2, 0.25) is 5.91 Å². The molecule has 1 amide bonds. The Labute approximate surface area is 145 Å². The van der Waals surface area contributed by atoms with Crippen molar-refractivity contribution in [2.24, 2.45) is 0 Å². The third kappa shape index (κ3) is 4.94. The molecule has 2 aromatic rings. The summed E-state index contributed by atoms with van der Waals surface area (Å²) in [6.07, 6.45) is 0. The summed E-state index contributed by atoms with van der Waals surface area (Å²) in [6, 6.07) is 15.1. The molecule has 0 bridgehead atoms. The van der Waals surface area contributed by atoms with Crippen LogP contribution in [0.25, 0.3) is 0 Å². The van der Waals surface area contributed by atoms with E-state index in [9.17, 15) is 4.79 Å². The largest absolute Gasteiger partial charge is 0.340 e. The van der Waals surface area contributed by atoms with Crippen LogP contribution < -0.4 is 0 Å². The Morgan fingerprint density at radius 1 is 1.05 bits per heavy atom. The van der Waals surface area contributed by atoms with Crippen molar-refractivity contribution in [3.63, 3.8) is 0 Å². The molecule has 0 aliphatic carbocycles. The van der Waals surface area contributed by atoms with E-state index >= 15 is 0 Å². The normalized spacial score (nSPS) is 12.0. The smallest absolute Gasteiger partial charge is 0.235 e. The van der Waals surface area contributed by atoms with Gasteiger partial charge in [0.1, 0.15) is 0 Å². The molecule has 2 nitrogen and oxygen atoms in total. The number of halogens is 2. The number of carbonyl (C=O) groups excluding carboxylic acids is 1. The first-order valence-electron chi connectivity index (χ1n) is 6.87. The molecule has 22 heavy (non-hydrogen) atoms. The van der Waals surface area contributed by atoms with Crippen LogP contribution >= 0.6 is 35.0 Å². The molecule has 0 heterocycles. The molecule has 116 valence electrons. The van der Waals surface area contributed by atoms with Crippen LogP contribution in [0.1, 0.15) is 12.5 Å². The number of nitrogens with zero attached hydrogens (tertiary/aromatic N) is 1. The molecule has 0 aromatic heterocycles. The van der Waals surface area contributed by atoms with E-state index in [1.807, 2.05) is 62.5 Å². The van der Waals surface area contributed by atoms with Gasteiger partial charge in [0.15, 0.2) is 0 Å². The summed E-state index contributed by atoms with van der Waals surface area (Å²) in [4.78, 5) is 15.2. The maximum atomic E-state index is 12.4. The fourth-order valence-corrected chi connectivity index (χ4v) is 3.25. The SMILES string of the molecule is CC(Sc1ccc(Cl)cc1)C(=O)N(C)Cc1ccc(Cl)cc1. The van der Waals surface area contributed by atoms with Gasteiger partial charge in [-0.3, -0.25) is 4.79 Å². The molecule has 0 aliphatic rings. The van der Waals surface area contributed by atoms with E-state index in [0.29, 0.717) is 16.6 Å². The van der Waals surface area contributed by atoms with Crippen LogP contribution in [0.3, 0.4) is 0 Å². The first-order valence-corrected chi connectivity index (χ1v) is 8.51. The first kappa shape index (κ1) is 17.2. The van der Waals surface area contributed by atoms with Gasteiger partial charge < -0.3 is 4.90 Å². The van der Waals surface area contributed by atoms with Gasteiger partial charge in [-0.25, -0.2) is 0 Å². The Kier molecular flexibility index (Phi) is 6.18. The topological polar surface area (TPSA) is 20.3 Å². The Morgan fingerprint density at radius 2 is 1.55 bits per heavy atom. The number of rotatable bonds is 5. The first-order chi connectivity index (χ1) is 10.5. The third-order valence-corrected chi connectivity index (χ3v) is 4.79. The fraction of sp³-hybridized carbons (Fsp3) is 0.235. The summed E-state index contributed by atoms with van der Waals surface area (Å²) in [6.45, 7) is 2.49. The van der Waals surface area contributed by atoms with Crippen LogP contribution in [0, 0.1) is 0 Å². The van der Waals surface area contributed by atoms with Crippen LogP contribution in [0.2, 0.25) is 10.0 Å². The van der Waals surface area contributed by atoms with Gasteiger partial charge in [-0.1, -0.05) is 35.3 Å². The lowest BCUT2D eigenvalue weighted by Crippen LogP contribution is -2.32. The second-order valence-corrected chi connectivity index (χ2v) is 7.32. The predicted molar refractivity (Wildman–Crippen MR) is 94.7 cm³/mol. The molecule has 0 saturated heterocycles. The Bertz CT molecular complexity index is 573. The zero-order chi connectivity index (χ0) is 16.1. The zero-order valence-electron chi connectivity index (χ0n) is 12.4. The van der Waals surface area contributed by atoms with Crippen molar-refractivity contribution in [2.45, 2.75) is 23.6 Å². The van der Waals surface area contributed by atoms with E-state index in [1.165, 1.54) is 11.8 Å². The lowest BCUT2D eigenvalue weighted by Gasteiger charge is -2.21. The van der Waals surface area contributed by atoms with Crippen LogP contribution in [0.4, 0.5) is 0 Å². The lowest BCUT2D eigenvalue weighted by molar-refractivity contribution is -0.129. The third-order valence-electron chi connectivity index (χ3n) is 3.18. The molecule has 1 unspecified atom stereocenters. The molecule has 5 heteroatoms. The Hall–Kier alpha value is -1.16. The van der Waals surface area contributed by atoms with Gasteiger partial charge in [0, 0.05) is 28.5 Å². The fourth-order valence-electron chi connectivity index (χ4n) is 2.02. The van der Waals surface area contributed by atoms with Crippen molar-refractivity contribution in [1.82, 2.24) is 4.90 Å². The number of benzene rings is 2. The quantitative estimate of drug-likeness (QED) is 0.694. The number of amides is 1. The number of hydrogen-bond donors (Lipinski definition) is 0. The molecule has 0 N–H and O–H groups in total. The maximum absolute atomic E-state index is 12.4. The highest BCUT2D eigenvalue weighted by molar-refractivity contribution is 8.00. The van der Waals surface area contributed by atoms with Crippen molar-refractivity contribution in [2.75, 3.05) is 7.05 Å². The lowest BCUT2D eigenvalue weighted by atomic mass is 10.2. The van der Waals surface area contributed by atoms with E-state index in [4.69, 9.17) is 23.2 Å². The highest BCUT2D eigenvalue weighted by Crippen LogP contribution is 2.26. The van der Waals surface area contributed by atoms with E-state index in [2.05, 4.69) is 0 Å². The van der Waals surface area contributed by atoms with Crippen LogP contribution in [-0.4, -0.2) is 23.1 Å². The van der Waals surface area contributed by atoms with E-state index in [0.717, 1.165) is 10.5 Å². The van der Waals surface area contributed by atoms with Gasteiger partial charge in [0.05, 0.1) is 5.25 Å². The number of thioether (sulfide) groups is 1. The Morgan fingerprint density at radius 3 is 2.09 bits per heavy atom. The molecule has 0 fully saturated rings. The molecule has 0 radical (unpaired) electrons. The minimum Gasteiger partial charge on any atom is -0.340 e. The average Bonchev–Trinajstić information content (AvgIpc) is 2.51. The molecule has 0 spiro atoms. The van der Waals surface area contributed by atoms with Crippen molar-refractivity contribution >= 4 is 40.9 Å². The molecule has 2 aromatic carbocycles. The second-order valence-electron chi connectivity index (χ2n) is 5.03. The molecule has 0 aliphatic heterocycles. The molecule has 2 rings (SSSR count). The summed E-state index contributed by atoms with van der Waals surface area (Å²) < 4.78 is 0. The van der Waals surface area contributed by atoms with Gasteiger partial charge >= 0.3 is 0 Å². The number of carbonyl (C=O) groups is 1. The molecular formula is C17H17Cl2NOS.